The van der Waals surface area contributed by atoms with E-state index in [0.29, 0.717) is 11.5 Å². The summed E-state index contributed by atoms with van der Waals surface area (Å²) >= 11 is 0. The lowest BCUT2D eigenvalue weighted by Crippen LogP contribution is -2.10. The van der Waals surface area contributed by atoms with E-state index in [-0.39, 0.29) is 6.04 Å². The Morgan fingerprint density at radius 3 is 2.33 bits per heavy atom. The van der Waals surface area contributed by atoms with Crippen molar-refractivity contribution in [3.05, 3.63) is 72.1 Å². The van der Waals surface area contributed by atoms with Crippen molar-refractivity contribution in [1.82, 2.24) is 15.0 Å². The van der Waals surface area contributed by atoms with E-state index >= 15 is 0 Å². The molecule has 0 spiro atoms. The smallest absolute Gasteiger partial charge is 0.416 e. The van der Waals surface area contributed by atoms with Crippen molar-refractivity contribution in [1.29, 1.82) is 0 Å². The summed E-state index contributed by atoms with van der Waals surface area (Å²) < 4.78 is 43.5. The number of hydrogen-bond acceptors (Lipinski definition) is 4. The van der Waals surface area contributed by atoms with Crippen molar-refractivity contribution < 1.29 is 17.9 Å². The molecule has 0 bridgehead atoms. The summed E-state index contributed by atoms with van der Waals surface area (Å²) in [7, 11) is 1.61. The third-order valence-corrected chi connectivity index (χ3v) is 4.92. The SMILES string of the molecule is COc1ccc(-c2cc3c(NC(C)c4ccc(C(F)(F)F)cc4)ncnc3[nH]2)cc1. The largest absolute Gasteiger partial charge is 0.497 e. The van der Waals surface area contributed by atoms with Gasteiger partial charge in [-0.05, 0) is 60.5 Å². The molecular formula is C22H19F3N4O. The van der Waals surface area contributed by atoms with Gasteiger partial charge in [0.2, 0.25) is 0 Å². The molecule has 2 aromatic carbocycles. The van der Waals surface area contributed by atoms with Crippen LogP contribution in [0.4, 0.5) is 19.0 Å². The van der Waals surface area contributed by atoms with Crippen LogP contribution in [0.3, 0.4) is 0 Å². The van der Waals surface area contributed by atoms with E-state index in [1.54, 1.807) is 7.11 Å². The topological polar surface area (TPSA) is 62.8 Å². The number of H-pyrrole nitrogens is 1. The molecule has 0 saturated carbocycles. The van der Waals surface area contributed by atoms with Crippen molar-refractivity contribution in [3.8, 4) is 17.0 Å². The highest BCUT2D eigenvalue weighted by Crippen LogP contribution is 2.32. The van der Waals surface area contributed by atoms with Crippen molar-refractivity contribution in [3.63, 3.8) is 0 Å². The molecule has 30 heavy (non-hydrogen) atoms. The summed E-state index contributed by atoms with van der Waals surface area (Å²) in [5.74, 6) is 1.37. The normalized spacial score (nSPS) is 12.7. The van der Waals surface area contributed by atoms with E-state index in [1.165, 1.54) is 18.5 Å². The first-order chi connectivity index (χ1) is 14.3. The van der Waals surface area contributed by atoms with Crippen LogP contribution in [-0.4, -0.2) is 22.1 Å². The maximum absolute atomic E-state index is 12.8. The van der Waals surface area contributed by atoms with Gasteiger partial charge >= 0.3 is 6.18 Å². The van der Waals surface area contributed by atoms with Gasteiger partial charge in [0.25, 0.3) is 0 Å². The third kappa shape index (κ3) is 3.94. The van der Waals surface area contributed by atoms with Gasteiger partial charge in [-0.1, -0.05) is 12.1 Å². The Morgan fingerprint density at radius 1 is 1.00 bits per heavy atom. The number of halogens is 3. The number of anilines is 1. The maximum atomic E-state index is 12.8. The zero-order valence-electron chi connectivity index (χ0n) is 16.3. The van der Waals surface area contributed by atoms with Crippen molar-refractivity contribution in [2.45, 2.75) is 19.1 Å². The van der Waals surface area contributed by atoms with Crippen molar-refractivity contribution in [2.24, 2.45) is 0 Å². The van der Waals surface area contributed by atoms with Gasteiger partial charge in [0, 0.05) is 11.7 Å². The molecule has 1 atom stereocenters. The number of ether oxygens (including phenoxy) is 1. The van der Waals surface area contributed by atoms with Gasteiger partial charge in [0.1, 0.15) is 23.5 Å². The minimum Gasteiger partial charge on any atom is -0.497 e. The molecule has 0 saturated heterocycles. The van der Waals surface area contributed by atoms with Crippen LogP contribution in [0.2, 0.25) is 0 Å². The molecule has 0 fully saturated rings. The van der Waals surface area contributed by atoms with Gasteiger partial charge < -0.3 is 15.0 Å². The van der Waals surface area contributed by atoms with Crippen LogP contribution < -0.4 is 10.1 Å². The highest BCUT2D eigenvalue weighted by Gasteiger charge is 2.30. The van der Waals surface area contributed by atoms with Crippen molar-refractivity contribution in [2.75, 3.05) is 12.4 Å². The van der Waals surface area contributed by atoms with E-state index in [4.69, 9.17) is 4.74 Å². The fourth-order valence-electron chi connectivity index (χ4n) is 3.23. The molecule has 0 aliphatic heterocycles. The highest BCUT2D eigenvalue weighted by molar-refractivity contribution is 5.91. The first-order valence-corrected chi connectivity index (χ1v) is 9.27. The Morgan fingerprint density at radius 2 is 1.70 bits per heavy atom. The predicted molar refractivity (Wildman–Crippen MR) is 109 cm³/mol. The Bertz CT molecular complexity index is 1150. The molecule has 2 aromatic heterocycles. The average molecular weight is 412 g/mol. The number of hydrogen-bond donors (Lipinski definition) is 2. The van der Waals surface area contributed by atoms with Crippen LogP contribution in [0.15, 0.2) is 60.9 Å². The molecule has 1 unspecified atom stereocenters. The highest BCUT2D eigenvalue weighted by atomic mass is 19.4. The molecule has 2 N–H and O–H groups in total. The second kappa shape index (κ2) is 7.70. The van der Waals surface area contributed by atoms with E-state index < -0.39 is 11.7 Å². The predicted octanol–water partition coefficient (Wildman–Crippen LogP) is 5.83. The number of aromatic nitrogens is 3. The van der Waals surface area contributed by atoms with Gasteiger partial charge in [-0.25, -0.2) is 9.97 Å². The minimum absolute atomic E-state index is 0.246. The van der Waals surface area contributed by atoms with Gasteiger partial charge in [-0.2, -0.15) is 13.2 Å². The van der Waals surface area contributed by atoms with E-state index in [9.17, 15) is 13.2 Å². The number of alkyl halides is 3. The number of nitrogens with one attached hydrogen (secondary N) is 2. The Kier molecular flexibility index (Phi) is 5.07. The Balaban J connectivity index is 1.60. The minimum atomic E-state index is -4.35. The molecule has 0 aliphatic rings. The van der Waals surface area contributed by atoms with Crippen LogP contribution in [0.1, 0.15) is 24.1 Å². The standard InChI is InChI=1S/C22H19F3N4O/c1-13(14-3-7-16(8-4-14)22(23,24)25)28-20-18-11-19(29-21(18)27-12-26-20)15-5-9-17(30-2)10-6-15/h3-13H,1-2H3,(H2,26,27,28,29). The monoisotopic (exact) mass is 412 g/mol. The second-order valence-corrected chi connectivity index (χ2v) is 6.88. The molecule has 2 heterocycles. The molecule has 0 amide bonds. The number of rotatable bonds is 5. The molecular weight excluding hydrogens is 393 g/mol. The van der Waals surface area contributed by atoms with Crippen LogP contribution in [0.25, 0.3) is 22.3 Å². The summed E-state index contributed by atoms with van der Waals surface area (Å²) in [6, 6.07) is 14.4. The second-order valence-electron chi connectivity index (χ2n) is 6.88. The zero-order chi connectivity index (χ0) is 21.3. The molecule has 4 rings (SSSR count). The molecule has 0 radical (unpaired) electrons. The van der Waals surface area contributed by atoms with E-state index in [0.717, 1.165) is 40.1 Å². The molecule has 8 heteroatoms. The van der Waals surface area contributed by atoms with Crippen LogP contribution in [0, 0.1) is 0 Å². The van der Waals surface area contributed by atoms with Crippen LogP contribution in [0.5, 0.6) is 5.75 Å². The summed E-state index contributed by atoms with van der Waals surface area (Å²) in [6.45, 7) is 1.87. The zero-order valence-corrected chi connectivity index (χ0v) is 16.3. The lowest BCUT2D eigenvalue weighted by atomic mass is 10.1. The van der Waals surface area contributed by atoms with Gasteiger partial charge in [-0.15, -0.1) is 0 Å². The summed E-state index contributed by atoms with van der Waals surface area (Å²) in [5.41, 5.74) is 2.56. The molecule has 5 nitrogen and oxygen atoms in total. The lowest BCUT2D eigenvalue weighted by molar-refractivity contribution is -0.137. The average Bonchev–Trinajstić information content (AvgIpc) is 3.19. The Labute approximate surface area is 170 Å². The molecule has 0 aliphatic carbocycles. The third-order valence-electron chi connectivity index (χ3n) is 4.92. The summed E-state index contributed by atoms with van der Waals surface area (Å²) in [4.78, 5) is 11.9. The lowest BCUT2D eigenvalue weighted by Gasteiger charge is -2.16. The first-order valence-electron chi connectivity index (χ1n) is 9.27. The summed E-state index contributed by atoms with van der Waals surface area (Å²) in [6.07, 6.45) is -2.91. The van der Waals surface area contributed by atoms with Crippen LogP contribution >= 0.6 is 0 Å². The van der Waals surface area contributed by atoms with Gasteiger partial charge in [-0.3, -0.25) is 0 Å². The Hall–Kier alpha value is -3.55. The van der Waals surface area contributed by atoms with Gasteiger partial charge in [0.15, 0.2) is 0 Å². The quantitative estimate of drug-likeness (QED) is 0.433. The first kappa shape index (κ1) is 19.8. The number of methoxy groups -OCH3 is 1. The number of aromatic amines is 1. The maximum Gasteiger partial charge on any atom is 0.416 e. The fourth-order valence-corrected chi connectivity index (χ4v) is 3.23. The van der Waals surface area contributed by atoms with Crippen molar-refractivity contribution >= 4 is 16.9 Å². The van der Waals surface area contributed by atoms with Crippen LogP contribution in [-0.2, 0) is 6.18 Å². The van der Waals surface area contributed by atoms with E-state index in [2.05, 4.69) is 20.3 Å². The summed E-state index contributed by atoms with van der Waals surface area (Å²) in [5, 5.41) is 4.06. The van der Waals surface area contributed by atoms with E-state index in [1.807, 2.05) is 37.3 Å². The number of benzene rings is 2. The number of fused-ring (bicyclic) bond motifs is 1. The fraction of sp³-hybridized carbons (Fsp3) is 0.182. The van der Waals surface area contributed by atoms with Gasteiger partial charge in [0.05, 0.1) is 18.1 Å². The molecule has 4 aromatic rings. The molecule has 154 valence electrons. The number of nitrogens with zero attached hydrogens (tertiary/aromatic N) is 2.